The molecule has 0 atom stereocenters. The smallest absolute Gasteiger partial charge is 0.298 e. The van der Waals surface area contributed by atoms with Crippen molar-refractivity contribution in [3.63, 3.8) is 0 Å². The number of thiazole rings is 1. The number of rotatable bonds is 2. The molecule has 0 bridgehead atoms. The minimum Gasteiger partial charge on any atom is -0.359 e. The molecular weight excluding hydrogens is 318 g/mol. The Morgan fingerprint density at radius 3 is 2.75 bits per heavy atom. The van der Waals surface area contributed by atoms with E-state index in [4.69, 9.17) is 0 Å². The lowest BCUT2D eigenvalue weighted by atomic mass is 10.1. The van der Waals surface area contributed by atoms with E-state index in [0.717, 1.165) is 36.6 Å². The largest absolute Gasteiger partial charge is 0.359 e. The number of hydrogen-bond acceptors (Lipinski definition) is 4. The molecule has 1 amide bonds. The van der Waals surface area contributed by atoms with Gasteiger partial charge in [0.05, 0.1) is 0 Å². The van der Waals surface area contributed by atoms with Crippen LogP contribution in [0.25, 0.3) is 0 Å². The highest BCUT2D eigenvalue weighted by Crippen LogP contribution is 2.18. The molecule has 1 aromatic carbocycles. The van der Waals surface area contributed by atoms with Crippen LogP contribution in [-0.4, -0.2) is 34.9 Å². The maximum Gasteiger partial charge on any atom is 0.298 e. The van der Waals surface area contributed by atoms with Crippen molar-refractivity contribution < 1.29 is 4.79 Å². The van der Waals surface area contributed by atoms with E-state index in [2.05, 4.69) is 36.0 Å². The highest BCUT2D eigenvalue weighted by atomic mass is 32.1. The van der Waals surface area contributed by atoms with Crippen molar-refractivity contribution in [2.24, 2.45) is 0 Å². The Kier molecular flexibility index (Phi) is 5.17. The number of anilines is 1. The SMILES string of the molecule is Cc1ccc(C#CC(=O)N2CCC(Nc3nccs3)CC2)cc1C. The normalized spacial score (nSPS) is 14.8. The number of piperidine rings is 1. The molecule has 1 fully saturated rings. The van der Waals surface area contributed by atoms with Gasteiger partial charge in [0.1, 0.15) is 0 Å². The fraction of sp³-hybridized carbons (Fsp3) is 0.368. The van der Waals surface area contributed by atoms with Crippen LogP contribution in [0.1, 0.15) is 29.5 Å². The fourth-order valence-corrected chi connectivity index (χ4v) is 3.33. The first-order valence-electron chi connectivity index (χ1n) is 8.16. The first-order chi connectivity index (χ1) is 11.6. The van der Waals surface area contributed by atoms with Crippen LogP contribution >= 0.6 is 11.3 Å². The Bertz CT molecular complexity index is 766. The highest BCUT2D eigenvalue weighted by molar-refractivity contribution is 7.13. The number of nitrogens with zero attached hydrogens (tertiary/aromatic N) is 2. The molecule has 5 heteroatoms. The van der Waals surface area contributed by atoms with Crippen LogP contribution in [0.4, 0.5) is 5.13 Å². The molecule has 1 aromatic heterocycles. The van der Waals surface area contributed by atoms with Crippen LogP contribution in [0.2, 0.25) is 0 Å². The number of benzene rings is 1. The van der Waals surface area contributed by atoms with Gasteiger partial charge in [-0.25, -0.2) is 4.98 Å². The van der Waals surface area contributed by atoms with Gasteiger partial charge in [-0.3, -0.25) is 4.79 Å². The Labute approximate surface area is 146 Å². The molecule has 0 aliphatic carbocycles. The zero-order valence-corrected chi connectivity index (χ0v) is 14.8. The molecule has 1 N–H and O–H groups in total. The third-order valence-corrected chi connectivity index (χ3v) is 5.07. The first-order valence-corrected chi connectivity index (χ1v) is 9.04. The average molecular weight is 339 g/mol. The summed E-state index contributed by atoms with van der Waals surface area (Å²) < 4.78 is 0. The lowest BCUT2D eigenvalue weighted by Gasteiger charge is -2.31. The van der Waals surface area contributed by atoms with Crippen LogP contribution in [0, 0.1) is 25.7 Å². The van der Waals surface area contributed by atoms with Gasteiger partial charge in [-0.15, -0.1) is 11.3 Å². The Morgan fingerprint density at radius 1 is 1.29 bits per heavy atom. The Morgan fingerprint density at radius 2 is 2.08 bits per heavy atom. The second kappa shape index (κ2) is 7.50. The lowest BCUT2D eigenvalue weighted by molar-refractivity contribution is -0.126. The standard InChI is InChI=1S/C19H21N3OS/c1-14-3-4-16(13-15(14)2)5-6-18(23)22-10-7-17(8-11-22)21-19-20-9-12-24-19/h3-4,9,12-13,17H,7-8,10-11H2,1-2H3,(H,20,21). The summed E-state index contributed by atoms with van der Waals surface area (Å²) in [6.07, 6.45) is 3.65. The van der Waals surface area contributed by atoms with Crippen LogP contribution < -0.4 is 5.32 Å². The summed E-state index contributed by atoms with van der Waals surface area (Å²) in [7, 11) is 0. The van der Waals surface area contributed by atoms with E-state index < -0.39 is 0 Å². The molecule has 0 spiro atoms. The number of nitrogens with one attached hydrogen (secondary N) is 1. The van der Waals surface area contributed by atoms with Crippen molar-refractivity contribution in [2.75, 3.05) is 18.4 Å². The average Bonchev–Trinajstić information content (AvgIpc) is 3.09. The number of hydrogen-bond donors (Lipinski definition) is 1. The van der Waals surface area contributed by atoms with Gasteiger partial charge < -0.3 is 10.2 Å². The van der Waals surface area contributed by atoms with Crippen molar-refractivity contribution in [1.29, 1.82) is 0 Å². The summed E-state index contributed by atoms with van der Waals surface area (Å²) in [5, 5.41) is 6.34. The van der Waals surface area contributed by atoms with Gasteiger partial charge in [0, 0.05) is 42.2 Å². The van der Waals surface area contributed by atoms with Crippen molar-refractivity contribution in [2.45, 2.75) is 32.7 Å². The summed E-state index contributed by atoms with van der Waals surface area (Å²) in [5.41, 5.74) is 3.33. The van der Waals surface area contributed by atoms with Crippen LogP contribution in [0.15, 0.2) is 29.8 Å². The fourth-order valence-electron chi connectivity index (χ4n) is 2.72. The third-order valence-electron chi connectivity index (χ3n) is 4.36. The maximum atomic E-state index is 12.3. The summed E-state index contributed by atoms with van der Waals surface area (Å²) in [6.45, 7) is 5.61. The van der Waals surface area contributed by atoms with Crippen LogP contribution in [0.3, 0.4) is 0 Å². The highest BCUT2D eigenvalue weighted by Gasteiger charge is 2.22. The van der Waals surface area contributed by atoms with Crippen LogP contribution in [0.5, 0.6) is 0 Å². The second-order valence-corrected chi connectivity index (χ2v) is 6.99. The molecule has 2 aromatic rings. The van der Waals surface area contributed by atoms with E-state index in [1.165, 1.54) is 11.1 Å². The third kappa shape index (κ3) is 4.15. The van der Waals surface area contributed by atoms with Crippen molar-refractivity contribution in [3.05, 3.63) is 46.5 Å². The van der Waals surface area contributed by atoms with Crippen molar-refractivity contribution in [1.82, 2.24) is 9.88 Å². The maximum absolute atomic E-state index is 12.3. The van der Waals surface area contributed by atoms with Gasteiger partial charge in [-0.05, 0) is 49.9 Å². The predicted molar refractivity (Wildman–Crippen MR) is 98.1 cm³/mol. The van der Waals surface area contributed by atoms with Crippen molar-refractivity contribution >= 4 is 22.4 Å². The van der Waals surface area contributed by atoms with E-state index >= 15 is 0 Å². The molecule has 124 valence electrons. The van der Waals surface area contributed by atoms with Gasteiger partial charge in [-0.1, -0.05) is 12.0 Å². The molecule has 0 radical (unpaired) electrons. The zero-order valence-electron chi connectivity index (χ0n) is 14.0. The summed E-state index contributed by atoms with van der Waals surface area (Å²) >= 11 is 1.61. The Hall–Kier alpha value is -2.32. The van der Waals surface area contributed by atoms with E-state index in [1.807, 2.05) is 28.5 Å². The number of carbonyl (C=O) groups excluding carboxylic acids is 1. The predicted octanol–water partition coefficient (Wildman–Crippen LogP) is 3.21. The van der Waals surface area contributed by atoms with E-state index in [0.29, 0.717) is 6.04 Å². The first kappa shape index (κ1) is 16.5. The lowest BCUT2D eigenvalue weighted by Crippen LogP contribution is -2.41. The molecule has 1 aliphatic heterocycles. The van der Waals surface area contributed by atoms with Gasteiger partial charge in [0.25, 0.3) is 5.91 Å². The Balaban J connectivity index is 1.54. The molecule has 2 heterocycles. The number of carbonyl (C=O) groups is 1. The molecular formula is C19H21N3OS. The van der Waals surface area contributed by atoms with Gasteiger partial charge in [-0.2, -0.15) is 0 Å². The van der Waals surface area contributed by atoms with E-state index in [1.54, 1.807) is 17.5 Å². The quantitative estimate of drug-likeness (QED) is 0.855. The molecule has 1 aliphatic rings. The number of likely N-dealkylation sites (tertiary alicyclic amines) is 1. The minimum absolute atomic E-state index is 0.0825. The monoisotopic (exact) mass is 339 g/mol. The summed E-state index contributed by atoms with van der Waals surface area (Å²) in [4.78, 5) is 18.4. The summed E-state index contributed by atoms with van der Waals surface area (Å²) in [5.74, 6) is 5.69. The zero-order chi connectivity index (χ0) is 16.9. The van der Waals surface area contributed by atoms with E-state index in [-0.39, 0.29) is 5.91 Å². The molecule has 0 saturated carbocycles. The number of aryl methyl sites for hydroxylation is 2. The topological polar surface area (TPSA) is 45.2 Å². The van der Waals surface area contributed by atoms with Gasteiger partial charge in [0.2, 0.25) is 0 Å². The summed E-state index contributed by atoms with van der Waals surface area (Å²) in [6, 6.07) is 6.42. The molecule has 4 nitrogen and oxygen atoms in total. The van der Waals surface area contributed by atoms with Gasteiger partial charge >= 0.3 is 0 Å². The van der Waals surface area contributed by atoms with E-state index in [9.17, 15) is 4.79 Å². The second-order valence-electron chi connectivity index (χ2n) is 6.10. The van der Waals surface area contributed by atoms with Gasteiger partial charge in [0.15, 0.2) is 5.13 Å². The molecule has 3 rings (SSSR count). The molecule has 24 heavy (non-hydrogen) atoms. The van der Waals surface area contributed by atoms with Crippen LogP contribution in [-0.2, 0) is 4.79 Å². The molecule has 1 saturated heterocycles. The number of aromatic nitrogens is 1. The minimum atomic E-state index is -0.0825. The van der Waals surface area contributed by atoms with Crippen molar-refractivity contribution in [3.8, 4) is 11.8 Å². The number of amides is 1. The molecule has 0 unspecified atom stereocenters.